The minimum Gasteiger partial charge on any atom is -0.489 e. The van der Waals surface area contributed by atoms with E-state index < -0.39 is 41.8 Å². The van der Waals surface area contributed by atoms with E-state index in [0.717, 1.165) is 10.2 Å². The Labute approximate surface area is 283 Å². The highest BCUT2D eigenvalue weighted by Crippen LogP contribution is 2.33. The first-order valence-corrected chi connectivity index (χ1v) is 14.3. The van der Waals surface area contributed by atoms with Crippen molar-refractivity contribution in [2.75, 3.05) is 25.5 Å². The smallest absolute Gasteiger partial charge is 0.489 e. The number of nitrogens with one attached hydrogen (secondary N) is 4. The van der Waals surface area contributed by atoms with Crippen LogP contribution in [0.2, 0.25) is 0 Å². The summed E-state index contributed by atoms with van der Waals surface area (Å²) in [4.78, 5) is 37.5. The van der Waals surface area contributed by atoms with Crippen LogP contribution in [0.15, 0.2) is 65.6 Å². The molecule has 0 aliphatic rings. The van der Waals surface area contributed by atoms with Gasteiger partial charge in [0.05, 0.1) is 0 Å². The second kappa shape index (κ2) is 18.1. The minimum atomic E-state index is -5.08. The molecule has 21 heteroatoms. The molecule has 0 saturated heterocycles. The van der Waals surface area contributed by atoms with Crippen molar-refractivity contribution in [3.63, 3.8) is 0 Å². The van der Waals surface area contributed by atoms with Crippen molar-refractivity contribution in [2.24, 2.45) is 5.73 Å². The number of nitrogens with two attached hydrogens (primary N) is 1. The molecule has 0 aliphatic heterocycles. The number of H-pyrrole nitrogens is 1. The van der Waals surface area contributed by atoms with E-state index >= 15 is 4.39 Å². The lowest BCUT2D eigenvalue weighted by molar-refractivity contribution is -0.193. The summed E-state index contributed by atoms with van der Waals surface area (Å²) in [5.74, 6) is -5.49. The van der Waals surface area contributed by atoms with Crippen LogP contribution in [0.3, 0.4) is 0 Å². The van der Waals surface area contributed by atoms with Gasteiger partial charge in [0.15, 0.2) is 23.2 Å². The summed E-state index contributed by atoms with van der Waals surface area (Å²) in [6, 6.07) is 14.5. The Morgan fingerprint density at radius 1 is 1.04 bits per heavy atom. The number of hydrogen-bond donors (Lipinski definition) is 7. The summed E-state index contributed by atoms with van der Waals surface area (Å²) in [6.45, 7) is 2.81. The van der Waals surface area contributed by atoms with E-state index in [0.29, 0.717) is 30.0 Å². The number of carboxylic acids is 2. The Kier molecular flexibility index (Phi) is 14.6. The molecule has 1 atom stereocenters. The van der Waals surface area contributed by atoms with E-state index in [2.05, 4.69) is 25.7 Å². The summed E-state index contributed by atoms with van der Waals surface area (Å²) in [5, 5.41) is 32.6. The molecule has 8 N–H and O–H groups in total. The average molecular weight is 733 g/mol. The van der Waals surface area contributed by atoms with Crippen LogP contribution in [-0.2, 0) is 16.0 Å². The fourth-order valence-corrected chi connectivity index (χ4v) is 3.77. The van der Waals surface area contributed by atoms with Gasteiger partial charge in [0, 0.05) is 29.6 Å². The molecule has 0 fully saturated rings. The van der Waals surface area contributed by atoms with Gasteiger partial charge in [0.25, 0.3) is 0 Å². The summed E-state index contributed by atoms with van der Waals surface area (Å²) < 4.78 is 86.2. The van der Waals surface area contributed by atoms with Crippen molar-refractivity contribution in [3.05, 3.63) is 99.6 Å². The molecule has 0 bridgehead atoms. The number of aliphatic carboxylic acids is 2. The van der Waals surface area contributed by atoms with Gasteiger partial charge >= 0.3 is 30.0 Å². The summed E-state index contributed by atoms with van der Waals surface area (Å²) in [5.41, 5.74) is 7.35. The van der Waals surface area contributed by atoms with Crippen LogP contribution in [-0.4, -0.2) is 80.3 Å². The number of aryl methyl sites for hydroxylation is 1. The number of amidine groups is 1. The molecule has 51 heavy (non-hydrogen) atoms. The molecule has 2 heterocycles. The Morgan fingerprint density at radius 2 is 1.63 bits per heavy atom. The number of nitrogens with zero attached hydrogens (tertiary/aromatic N) is 3. The van der Waals surface area contributed by atoms with Gasteiger partial charge in [-0.1, -0.05) is 19.1 Å². The van der Waals surface area contributed by atoms with Crippen LogP contribution >= 0.6 is 0 Å². The lowest BCUT2D eigenvalue weighted by atomic mass is 10.00. The number of benzene rings is 2. The van der Waals surface area contributed by atoms with Crippen LogP contribution < -0.4 is 26.8 Å². The predicted molar refractivity (Wildman–Crippen MR) is 167 cm³/mol. The van der Waals surface area contributed by atoms with E-state index in [4.69, 9.17) is 35.7 Å². The van der Waals surface area contributed by atoms with Gasteiger partial charge in [-0.3, -0.25) is 10.4 Å². The molecule has 0 saturated carbocycles. The van der Waals surface area contributed by atoms with Gasteiger partial charge in [0.1, 0.15) is 18.5 Å². The third-order valence-corrected chi connectivity index (χ3v) is 6.22. The fraction of sp³-hybridized carbons (Fsp3) is 0.267. The molecular formula is C30H31F7N8O6. The Morgan fingerprint density at radius 3 is 2.10 bits per heavy atom. The number of alkyl halides is 6. The molecule has 1 unspecified atom stereocenters. The number of aromatic nitrogens is 4. The maximum Gasteiger partial charge on any atom is 0.490 e. The number of halogens is 7. The lowest BCUT2D eigenvalue weighted by Crippen LogP contribution is -2.21. The van der Waals surface area contributed by atoms with Crippen LogP contribution in [0, 0.1) is 11.2 Å². The molecule has 2 aromatic carbocycles. The Hall–Kier alpha value is -5.99. The van der Waals surface area contributed by atoms with E-state index in [1.54, 1.807) is 67.8 Å². The summed E-state index contributed by atoms with van der Waals surface area (Å²) in [7, 11) is 1.79. The Bertz CT molecular complexity index is 1810. The number of likely N-dealkylation sites (N-methyl/N-ethyl adjacent to an activating group) is 1. The first kappa shape index (κ1) is 41.2. The molecule has 0 aliphatic carbocycles. The number of aromatic amines is 1. The van der Waals surface area contributed by atoms with Gasteiger partial charge in [-0.25, -0.2) is 23.8 Å². The van der Waals surface area contributed by atoms with Crippen molar-refractivity contribution >= 4 is 23.5 Å². The number of nitrogen functional groups attached to an aromatic ring is 1. The van der Waals surface area contributed by atoms with Crippen LogP contribution in [0.4, 0.5) is 36.4 Å². The standard InChI is InChI=1S/C26H29FN8O2.2C2HF3O2/c1-3-16-14-19(22(27)20(15-16)37-13-12-30-2)23(32-18-9-7-17(8-10-18)24(28)29)25-33-26(36)35(34-25)21-6-4-5-11-31-21;2*3-2(4,5)1(6)7/h4-11,14-15,23,30,32H,3,12-13H2,1-2H3,(H3,28,29)(H,33,34,36);2*(H,6,7). The van der Waals surface area contributed by atoms with Crippen molar-refractivity contribution in [3.8, 4) is 11.6 Å². The average Bonchev–Trinajstić information content (AvgIpc) is 3.46. The summed E-state index contributed by atoms with van der Waals surface area (Å²) in [6.07, 6.45) is -7.96. The molecular weight excluding hydrogens is 701 g/mol. The number of hydrogen-bond acceptors (Lipinski definition) is 9. The highest BCUT2D eigenvalue weighted by Gasteiger charge is 2.39. The van der Waals surface area contributed by atoms with Crippen LogP contribution in [0.1, 0.15) is 35.5 Å². The van der Waals surface area contributed by atoms with Gasteiger partial charge in [-0.05, 0) is 61.5 Å². The molecule has 4 aromatic rings. The molecule has 276 valence electrons. The largest absolute Gasteiger partial charge is 0.490 e. The lowest BCUT2D eigenvalue weighted by Gasteiger charge is -2.21. The monoisotopic (exact) mass is 732 g/mol. The number of ether oxygens (including phenoxy) is 1. The topological polar surface area (TPSA) is 221 Å². The first-order chi connectivity index (χ1) is 23.8. The quantitative estimate of drug-likeness (QED) is 0.0505. The SMILES string of the molecule is CCc1cc(OCCNC)c(F)c(C(Nc2ccc(C(=N)N)cc2)c2nn(-c3ccccn3)c(=O)[nH]2)c1.O=C(O)C(F)(F)F.O=C(O)C(F)(F)F. The highest BCUT2D eigenvalue weighted by atomic mass is 19.4. The van der Waals surface area contributed by atoms with Gasteiger partial charge < -0.3 is 31.3 Å². The third kappa shape index (κ3) is 12.4. The molecule has 4 rings (SSSR count). The van der Waals surface area contributed by atoms with E-state index in [1.165, 1.54) is 0 Å². The Balaban J connectivity index is 0.000000543. The van der Waals surface area contributed by atoms with Crippen molar-refractivity contribution < 1.29 is 55.3 Å². The van der Waals surface area contributed by atoms with Crippen molar-refractivity contribution in [1.29, 1.82) is 5.41 Å². The number of rotatable bonds is 11. The molecule has 0 spiro atoms. The number of anilines is 1. The number of pyridine rings is 1. The maximum atomic E-state index is 15.9. The van der Waals surface area contributed by atoms with Gasteiger partial charge in [-0.15, -0.1) is 5.10 Å². The summed E-state index contributed by atoms with van der Waals surface area (Å²) >= 11 is 0. The van der Waals surface area contributed by atoms with E-state index in [9.17, 15) is 31.1 Å². The third-order valence-electron chi connectivity index (χ3n) is 6.22. The number of carboxylic acid groups (broad SMARTS) is 2. The number of carbonyl (C=O) groups is 2. The van der Waals surface area contributed by atoms with E-state index in [-0.39, 0.29) is 29.6 Å². The zero-order chi connectivity index (χ0) is 38.5. The van der Waals surface area contributed by atoms with Crippen molar-refractivity contribution in [1.82, 2.24) is 25.1 Å². The second-order valence-corrected chi connectivity index (χ2v) is 9.89. The zero-order valence-corrected chi connectivity index (χ0v) is 26.6. The first-order valence-electron chi connectivity index (χ1n) is 14.3. The predicted octanol–water partition coefficient (Wildman–Crippen LogP) is 4.01. The van der Waals surface area contributed by atoms with Crippen molar-refractivity contribution in [2.45, 2.75) is 31.7 Å². The normalized spacial score (nSPS) is 11.6. The molecule has 14 nitrogen and oxygen atoms in total. The van der Waals surface area contributed by atoms with Crippen LogP contribution in [0.25, 0.3) is 5.82 Å². The highest BCUT2D eigenvalue weighted by molar-refractivity contribution is 5.95. The van der Waals surface area contributed by atoms with E-state index in [1.807, 2.05) is 6.92 Å². The van der Waals surface area contributed by atoms with Gasteiger partial charge in [0.2, 0.25) is 0 Å². The van der Waals surface area contributed by atoms with Gasteiger partial charge in [-0.2, -0.15) is 31.0 Å². The minimum absolute atomic E-state index is 0.0633. The molecule has 0 radical (unpaired) electrons. The van der Waals surface area contributed by atoms with Crippen LogP contribution in [0.5, 0.6) is 5.75 Å². The molecule has 0 amide bonds. The zero-order valence-electron chi connectivity index (χ0n) is 26.6. The molecule has 2 aromatic heterocycles. The fourth-order valence-electron chi connectivity index (χ4n) is 3.77. The second-order valence-electron chi connectivity index (χ2n) is 9.89. The maximum absolute atomic E-state index is 15.9.